The lowest BCUT2D eigenvalue weighted by atomic mass is 9.96. The summed E-state index contributed by atoms with van der Waals surface area (Å²) < 4.78 is 0. The number of amides is 1. The number of aliphatic hydroxyl groups excluding tert-OH is 1. The fraction of sp³-hybridized carbons (Fsp3) is 0.448. The molecule has 0 spiro atoms. The number of rotatable bonds is 1. The van der Waals surface area contributed by atoms with E-state index in [9.17, 15) is 9.90 Å². The molecule has 2 aromatic heterocycles. The predicted octanol–water partition coefficient (Wildman–Crippen LogP) is 2.45. The van der Waals surface area contributed by atoms with Crippen LogP contribution in [0.3, 0.4) is 0 Å². The summed E-state index contributed by atoms with van der Waals surface area (Å²) in [6.45, 7) is 6.75. The molecule has 3 aromatic rings. The maximum absolute atomic E-state index is 13.1. The molecule has 0 aliphatic carbocycles. The number of aliphatic hydroxyl groups is 1. The van der Waals surface area contributed by atoms with Crippen molar-refractivity contribution in [2.24, 2.45) is 0 Å². The number of nitrogens with one attached hydrogen (secondary N) is 1. The molecule has 3 unspecified atom stereocenters. The van der Waals surface area contributed by atoms with Crippen molar-refractivity contribution in [1.29, 1.82) is 0 Å². The number of nitrogens with zero attached hydrogens (tertiary/aromatic N) is 7. The van der Waals surface area contributed by atoms with Gasteiger partial charge >= 0.3 is 0 Å². The average molecular weight is 531 g/mol. The zero-order valence-corrected chi connectivity index (χ0v) is 23.0. The van der Waals surface area contributed by atoms with Gasteiger partial charge in [0, 0.05) is 77.0 Å². The van der Waals surface area contributed by atoms with Gasteiger partial charge in [0.15, 0.2) is 0 Å². The first-order valence-corrected chi connectivity index (χ1v) is 13.5. The van der Waals surface area contributed by atoms with E-state index in [1.165, 1.54) is 0 Å². The van der Waals surface area contributed by atoms with Crippen molar-refractivity contribution >= 4 is 23.4 Å². The molecule has 8 rings (SSSR count). The van der Waals surface area contributed by atoms with Gasteiger partial charge in [-0.2, -0.15) is 0 Å². The van der Waals surface area contributed by atoms with Crippen LogP contribution in [0.2, 0.25) is 0 Å². The number of likely N-dealkylation sites (N-methyl/N-ethyl adjacent to an activating group) is 1. The van der Waals surface area contributed by atoms with Crippen LogP contribution in [0.25, 0.3) is 11.3 Å². The van der Waals surface area contributed by atoms with Gasteiger partial charge in [0.2, 0.25) is 11.9 Å². The molecule has 10 nitrogen and oxygen atoms in total. The Bertz CT molecular complexity index is 1290. The number of carbonyl (C=O) groups excluding carboxylic acids is 1. The highest BCUT2D eigenvalue weighted by atomic mass is 16.3. The molecule has 0 radical (unpaired) electrons. The minimum Gasteiger partial charge on any atom is -0.394 e. The summed E-state index contributed by atoms with van der Waals surface area (Å²) in [5.41, 5.74) is 3.29. The molecule has 39 heavy (non-hydrogen) atoms. The first kappa shape index (κ1) is 27.0. The van der Waals surface area contributed by atoms with Gasteiger partial charge in [0.05, 0.1) is 24.4 Å². The Labute approximate surface area is 230 Å². The molecule has 1 aromatic carbocycles. The molecule has 10 heteroatoms. The van der Waals surface area contributed by atoms with Gasteiger partial charge in [0.1, 0.15) is 5.82 Å². The van der Waals surface area contributed by atoms with E-state index in [2.05, 4.69) is 42.1 Å². The third kappa shape index (κ3) is 6.35. The Balaban J connectivity index is 1.42. The van der Waals surface area contributed by atoms with Crippen molar-refractivity contribution in [3.63, 3.8) is 0 Å². The number of anilines is 3. The van der Waals surface area contributed by atoms with Gasteiger partial charge in [-0.15, -0.1) is 0 Å². The van der Waals surface area contributed by atoms with E-state index in [0.717, 1.165) is 60.9 Å². The van der Waals surface area contributed by atoms with Gasteiger partial charge < -0.3 is 20.2 Å². The molecule has 5 aliphatic rings. The van der Waals surface area contributed by atoms with Crippen molar-refractivity contribution in [1.82, 2.24) is 29.7 Å². The number of hydrogen-bond acceptors (Lipinski definition) is 9. The second-order valence-corrected chi connectivity index (χ2v) is 10.9. The lowest BCUT2D eigenvalue weighted by Gasteiger charge is -2.48. The largest absolute Gasteiger partial charge is 0.394 e. The lowest BCUT2D eigenvalue weighted by Crippen LogP contribution is -2.63. The molecular weight excluding hydrogens is 492 g/mol. The second kappa shape index (κ2) is 11.6. The molecular formula is C29H38N8O2. The normalized spacial score (nSPS) is 24.5. The molecule has 8 bridgehead atoms. The van der Waals surface area contributed by atoms with Gasteiger partial charge in [0.25, 0.3) is 0 Å². The van der Waals surface area contributed by atoms with E-state index in [4.69, 9.17) is 4.98 Å². The molecule has 1 fully saturated rings. The molecule has 206 valence electrons. The van der Waals surface area contributed by atoms with Gasteiger partial charge in [-0.3, -0.25) is 14.6 Å². The van der Waals surface area contributed by atoms with Crippen LogP contribution in [0.15, 0.2) is 54.9 Å². The van der Waals surface area contributed by atoms with E-state index in [1.807, 2.05) is 57.5 Å². The highest BCUT2D eigenvalue weighted by Crippen LogP contribution is 2.25. The monoisotopic (exact) mass is 530 g/mol. The van der Waals surface area contributed by atoms with Crippen LogP contribution in [0.1, 0.15) is 18.9 Å². The Kier molecular flexibility index (Phi) is 8.06. The van der Waals surface area contributed by atoms with Crippen molar-refractivity contribution in [3.8, 4) is 11.3 Å². The fourth-order valence-electron chi connectivity index (χ4n) is 5.29. The third-order valence-corrected chi connectivity index (χ3v) is 7.77. The number of hydrogen-bond donors (Lipinski definition) is 2. The van der Waals surface area contributed by atoms with E-state index in [-0.39, 0.29) is 12.5 Å². The predicted molar refractivity (Wildman–Crippen MR) is 153 cm³/mol. The van der Waals surface area contributed by atoms with Crippen LogP contribution in [0.4, 0.5) is 17.5 Å². The van der Waals surface area contributed by atoms with E-state index < -0.39 is 5.54 Å². The number of aromatic nitrogens is 3. The maximum atomic E-state index is 13.1. The molecule has 3 atom stereocenters. The minimum absolute atomic E-state index is 0.00772. The molecule has 1 saturated heterocycles. The molecule has 2 N–H and O–H groups in total. The zero-order valence-electron chi connectivity index (χ0n) is 23.0. The second-order valence-electron chi connectivity index (χ2n) is 10.9. The Morgan fingerprint density at radius 2 is 1.85 bits per heavy atom. The van der Waals surface area contributed by atoms with Crippen LogP contribution in [-0.2, 0) is 11.3 Å². The Hall–Kier alpha value is -3.60. The lowest BCUT2D eigenvalue weighted by molar-refractivity contribution is -0.135. The van der Waals surface area contributed by atoms with Crippen molar-refractivity contribution in [2.45, 2.75) is 25.4 Å². The van der Waals surface area contributed by atoms with Crippen LogP contribution in [0.5, 0.6) is 0 Å². The van der Waals surface area contributed by atoms with Crippen LogP contribution < -0.4 is 10.2 Å². The highest BCUT2D eigenvalue weighted by molar-refractivity contribution is 5.78. The summed E-state index contributed by atoms with van der Waals surface area (Å²) in [4.78, 5) is 35.3. The fourth-order valence-corrected chi connectivity index (χ4v) is 5.29. The SMILES string of the molecule is CN1CCCN(C)c2ccc(cn2)-c2ccnc(n2)Nc2cccc(c2)CN2CCN(CC1=O)C(C)(CO)C2. The summed E-state index contributed by atoms with van der Waals surface area (Å²) in [5, 5.41) is 13.7. The standard InChI is InChI=1S/C29H38N8O2/c1-29(21-38)20-36-14-15-37(29)19-27(39)35(3)13-5-12-34(2)26-9-8-23(17-31-26)25-10-11-30-28(33-25)32-24-7-4-6-22(16-24)18-36/h4,6-11,16-17,38H,5,12-15,18-21H2,1-3H3,(H,30,32,33). The number of piperazine rings is 1. The first-order chi connectivity index (χ1) is 18.8. The Morgan fingerprint density at radius 1 is 1.00 bits per heavy atom. The molecule has 1 amide bonds. The third-order valence-electron chi connectivity index (χ3n) is 7.77. The van der Waals surface area contributed by atoms with Crippen molar-refractivity contribution < 1.29 is 9.90 Å². The van der Waals surface area contributed by atoms with Gasteiger partial charge in [-0.25, -0.2) is 15.0 Å². The van der Waals surface area contributed by atoms with E-state index >= 15 is 0 Å². The minimum atomic E-state index is -0.494. The summed E-state index contributed by atoms with van der Waals surface area (Å²) in [6.07, 6.45) is 4.41. The molecule has 7 heterocycles. The quantitative estimate of drug-likeness (QED) is 0.491. The Morgan fingerprint density at radius 3 is 2.64 bits per heavy atom. The highest BCUT2D eigenvalue weighted by Gasteiger charge is 2.38. The average Bonchev–Trinajstić information content (AvgIpc) is 2.94. The van der Waals surface area contributed by atoms with Crippen LogP contribution in [0, 0.1) is 0 Å². The maximum Gasteiger partial charge on any atom is 0.236 e. The molecule has 5 aliphatic heterocycles. The van der Waals surface area contributed by atoms with Crippen LogP contribution in [-0.4, -0.2) is 106 Å². The first-order valence-electron chi connectivity index (χ1n) is 13.5. The summed E-state index contributed by atoms with van der Waals surface area (Å²) >= 11 is 0. The molecule has 0 saturated carbocycles. The van der Waals surface area contributed by atoms with E-state index in [0.29, 0.717) is 25.6 Å². The van der Waals surface area contributed by atoms with E-state index in [1.54, 1.807) is 11.1 Å². The summed E-state index contributed by atoms with van der Waals surface area (Å²) in [6, 6.07) is 14.1. The van der Waals surface area contributed by atoms with Gasteiger partial charge in [-0.1, -0.05) is 12.1 Å². The number of benzene rings is 1. The topological polar surface area (TPSA) is 101 Å². The smallest absolute Gasteiger partial charge is 0.236 e. The van der Waals surface area contributed by atoms with Crippen molar-refractivity contribution in [3.05, 3.63) is 60.4 Å². The summed E-state index contributed by atoms with van der Waals surface area (Å²) in [7, 11) is 3.87. The zero-order chi connectivity index (χ0) is 27.4. The van der Waals surface area contributed by atoms with Crippen LogP contribution >= 0.6 is 0 Å². The number of carbonyl (C=O) groups is 1. The number of pyridine rings is 1. The van der Waals surface area contributed by atoms with Crippen molar-refractivity contribution in [2.75, 3.05) is 70.2 Å². The summed E-state index contributed by atoms with van der Waals surface area (Å²) in [5.74, 6) is 1.47. The van der Waals surface area contributed by atoms with Gasteiger partial charge in [-0.05, 0) is 49.2 Å².